The van der Waals surface area contributed by atoms with Gasteiger partial charge in [0.15, 0.2) is 5.78 Å². The normalized spacial score (nSPS) is 32.5. The van der Waals surface area contributed by atoms with Crippen molar-refractivity contribution < 1.29 is 19.1 Å². The average molecular weight is 523 g/mol. The van der Waals surface area contributed by atoms with Crippen LogP contribution in [0, 0.1) is 28.6 Å². The summed E-state index contributed by atoms with van der Waals surface area (Å²) < 4.78 is 11.7. The fourth-order valence-corrected chi connectivity index (χ4v) is 8.06. The first-order chi connectivity index (χ1) is 18.8. The maximum atomic E-state index is 14.1. The zero-order valence-electron chi connectivity index (χ0n) is 23.3. The van der Waals surface area contributed by atoms with E-state index in [1.165, 1.54) is 11.1 Å². The van der Waals surface area contributed by atoms with E-state index in [1.807, 2.05) is 18.2 Å². The van der Waals surface area contributed by atoms with Gasteiger partial charge < -0.3 is 9.47 Å². The van der Waals surface area contributed by atoms with Crippen LogP contribution >= 0.6 is 0 Å². The predicted molar refractivity (Wildman–Crippen MR) is 151 cm³/mol. The molecule has 2 aromatic carbocycles. The Morgan fingerprint density at radius 3 is 2.46 bits per heavy atom. The summed E-state index contributed by atoms with van der Waals surface area (Å²) in [5.74, 6) is 0.837. The molecular formula is C35H38O4. The van der Waals surface area contributed by atoms with Crippen molar-refractivity contribution in [2.45, 2.75) is 58.8 Å². The lowest BCUT2D eigenvalue weighted by Gasteiger charge is -2.36. The molecule has 39 heavy (non-hydrogen) atoms. The lowest BCUT2D eigenvalue weighted by Crippen LogP contribution is -2.31. The number of hydrogen-bond acceptors (Lipinski definition) is 4. The molecule has 1 spiro atoms. The monoisotopic (exact) mass is 522 g/mol. The minimum absolute atomic E-state index is 0.0479. The van der Waals surface area contributed by atoms with E-state index in [0.29, 0.717) is 31.5 Å². The van der Waals surface area contributed by atoms with Crippen LogP contribution in [0.1, 0.15) is 64.4 Å². The molecule has 1 heterocycles. The molecule has 0 N–H and O–H groups in total. The Balaban J connectivity index is 1.32. The molecule has 1 saturated heterocycles. The van der Waals surface area contributed by atoms with Crippen molar-refractivity contribution in [1.29, 1.82) is 0 Å². The van der Waals surface area contributed by atoms with Gasteiger partial charge >= 0.3 is 5.97 Å². The molecule has 0 radical (unpaired) electrons. The second kappa shape index (κ2) is 9.02. The Kier molecular flexibility index (Phi) is 5.79. The zero-order valence-corrected chi connectivity index (χ0v) is 23.3. The second-order valence-corrected chi connectivity index (χ2v) is 13.3. The number of rotatable bonds is 5. The third-order valence-corrected chi connectivity index (χ3v) is 10.2. The van der Waals surface area contributed by atoms with E-state index in [0.717, 1.165) is 60.1 Å². The smallest absolute Gasteiger partial charge is 0.334 e. The van der Waals surface area contributed by atoms with E-state index in [9.17, 15) is 9.59 Å². The second-order valence-electron chi connectivity index (χ2n) is 13.3. The van der Waals surface area contributed by atoms with Gasteiger partial charge in [-0.2, -0.15) is 0 Å². The van der Waals surface area contributed by atoms with E-state index in [4.69, 9.17) is 9.47 Å². The van der Waals surface area contributed by atoms with Gasteiger partial charge in [-0.15, -0.1) is 0 Å². The quantitative estimate of drug-likeness (QED) is 0.395. The fourth-order valence-electron chi connectivity index (χ4n) is 8.06. The van der Waals surface area contributed by atoms with Crippen LogP contribution in [0.5, 0.6) is 0 Å². The minimum Gasteiger partial charge on any atom is -0.462 e. The van der Waals surface area contributed by atoms with E-state index in [1.54, 1.807) is 0 Å². The van der Waals surface area contributed by atoms with Crippen molar-refractivity contribution in [2.75, 3.05) is 19.8 Å². The number of hydrogen-bond donors (Lipinski definition) is 0. The Morgan fingerprint density at radius 1 is 1.03 bits per heavy atom. The molecule has 4 aliphatic carbocycles. The van der Waals surface area contributed by atoms with E-state index in [2.05, 4.69) is 57.2 Å². The first-order valence-electron chi connectivity index (χ1n) is 14.7. The molecule has 0 amide bonds. The number of fused-ring (bicyclic) bond motifs is 2. The van der Waals surface area contributed by atoms with Gasteiger partial charge in [0.2, 0.25) is 0 Å². The van der Waals surface area contributed by atoms with Crippen LogP contribution < -0.4 is 0 Å². The van der Waals surface area contributed by atoms with Gasteiger partial charge in [-0.05, 0) is 66.5 Å². The Morgan fingerprint density at radius 2 is 1.77 bits per heavy atom. The minimum atomic E-state index is -0.369. The molecule has 7 rings (SSSR count). The number of Topliss-reactive ketones (excluding diaryl/α,β-unsaturated/α-hetero) is 1. The summed E-state index contributed by atoms with van der Waals surface area (Å²) in [5, 5.41) is 0. The summed E-state index contributed by atoms with van der Waals surface area (Å²) in [6, 6.07) is 18.8. The van der Waals surface area contributed by atoms with Crippen LogP contribution in [0.25, 0.3) is 11.1 Å². The summed E-state index contributed by atoms with van der Waals surface area (Å²) >= 11 is 0. The van der Waals surface area contributed by atoms with Crippen LogP contribution in [-0.2, 0) is 19.1 Å². The molecule has 202 valence electrons. The number of benzene rings is 2. The maximum absolute atomic E-state index is 14.1. The topological polar surface area (TPSA) is 52.6 Å². The van der Waals surface area contributed by atoms with Crippen LogP contribution in [0.2, 0.25) is 0 Å². The first kappa shape index (κ1) is 25.0. The van der Waals surface area contributed by atoms with Crippen LogP contribution in [0.3, 0.4) is 0 Å². The van der Waals surface area contributed by atoms with Gasteiger partial charge in [0.05, 0.1) is 13.2 Å². The van der Waals surface area contributed by atoms with Crippen molar-refractivity contribution in [3.8, 4) is 11.1 Å². The van der Waals surface area contributed by atoms with Crippen molar-refractivity contribution in [3.63, 3.8) is 0 Å². The number of carbonyl (C=O) groups excluding carboxylic acids is 2. The Labute approximate surface area is 231 Å². The number of carbonyl (C=O) groups is 2. The van der Waals surface area contributed by atoms with Gasteiger partial charge in [-0.3, -0.25) is 4.79 Å². The molecule has 3 fully saturated rings. The average Bonchev–Trinajstić information content (AvgIpc) is 3.82. The summed E-state index contributed by atoms with van der Waals surface area (Å²) in [6.07, 6.45) is 4.61. The molecule has 2 aromatic rings. The van der Waals surface area contributed by atoms with Crippen LogP contribution in [0.15, 0.2) is 76.9 Å². The molecule has 4 heteroatoms. The highest BCUT2D eigenvalue weighted by Crippen LogP contribution is 2.87. The van der Waals surface area contributed by atoms with Crippen molar-refractivity contribution in [3.05, 3.63) is 82.5 Å². The zero-order chi connectivity index (χ0) is 26.9. The molecule has 0 bridgehead atoms. The molecule has 5 unspecified atom stereocenters. The van der Waals surface area contributed by atoms with Gasteiger partial charge in [0, 0.05) is 41.4 Å². The lowest BCUT2D eigenvalue weighted by molar-refractivity contribution is -0.142. The molecule has 5 atom stereocenters. The number of allylic oxidation sites excluding steroid dienone is 3. The highest BCUT2D eigenvalue weighted by atomic mass is 16.5. The first-order valence-corrected chi connectivity index (χ1v) is 14.7. The van der Waals surface area contributed by atoms with Gasteiger partial charge in [0.25, 0.3) is 0 Å². The number of ether oxygens (including phenoxy) is 2. The van der Waals surface area contributed by atoms with Crippen molar-refractivity contribution in [2.24, 2.45) is 28.6 Å². The molecule has 2 saturated carbocycles. The van der Waals surface area contributed by atoms with E-state index < -0.39 is 0 Å². The molecule has 5 aliphatic rings. The van der Waals surface area contributed by atoms with E-state index >= 15 is 0 Å². The standard InChI is InChI=1S/C35H38O4/c1-21-29(33(37)39-20-22-8-7-15-38-19-22)30(25-13-11-24(12-14-25)23-9-5-4-6-10-23)31-26(32-27-17-35(21,27)32)16-34(2,3)18-28(31)36/h4-6,9-14,22,27,30,32H,7-8,15-20H2,1-3H3. The van der Waals surface area contributed by atoms with Gasteiger partial charge in [-0.1, -0.05) is 79.6 Å². The number of esters is 1. The fraction of sp³-hybridized carbons (Fsp3) is 0.486. The molecule has 1 aliphatic heterocycles. The van der Waals surface area contributed by atoms with Gasteiger partial charge in [-0.25, -0.2) is 4.79 Å². The van der Waals surface area contributed by atoms with Crippen LogP contribution in [0.4, 0.5) is 0 Å². The third-order valence-electron chi connectivity index (χ3n) is 10.2. The van der Waals surface area contributed by atoms with Crippen molar-refractivity contribution in [1.82, 2.24) is 0 Å². The summed E-state index contributed by atoms with van der Waals surface area (Å²) in [5.41, 5.74) is 7.42. The lowest BCUT2D eigenvalue weighted by atomic mass is 9.67. The summed E-state index contributed by atoms with van der Waals surface area (Å²) in [4.78, 5) is 28.0. The summed E-state index contributed by atoms with van der Waals surface area (Å²) in [6.45, 7) is 8.39. The highest BCUT2D eigenvalue weighted by Gasteiger charge is 2.81. The van der Waals surface area contributed by atoms with Crippen LogP contribution in [-0.4, -0.2) is 31.6 Å². The molecular weight excluding hydrogens is 484 g/mol. The number of ketones is 1. The molecule has 4 nitrogen and oxygen atoms in total. The maximum Gasteiger partial charge on any atom is 0.334 e. The Hall–Kier alpha value is -2.98. The Bertz CT molecular complexity index is 1390. The third kappa shape index (κ3) is 4.06. The summed E-state index contributed by atoms with van der Waals surface area (Å²) in [7, 11) is 0. The van der Waals surface area contributed by atoms with Gasteiger partial charge in [0.1, 0.15) is 0 Å². The largest absolute Gasteiger partial charge is 0.462 e. The highest BCUT2D eigenvalue weighted by molar-refractivity contribution is 6.04. The molecule has 0 aromatic heterocycles. The predicted octanol–water partition coefficient (Wildman–Crippen LogP) is 7.06. The SMILES string of the molecule is CC1=C(C(=O)OCC2CCCOC2)C(c2ccc(-c3ccccc3)cc2)C2=C(CC(C)(C)CC2=O)C2C3CC132. The van der Waals surface area contributed by atoms with E-state index in [-0.39, 0.29) is 34.4 Å². The van der Waals surface area contributed by atoms with Crippen molar-refractivity contribution >= 4 is 11.8 Å².